The molecule has 0 aliphatic heterocycles. The summed E-state index contributed by atoms with van der Waals surface area (Å²) in [4.78, 5) is 0. The third-order valence-electron chi connectivity index (χ3n) is 17.3. The van der Waals surface area contributed by atoms with Crippen molar-refractivity contribution in [3.8, 4) is 89.0 Å². The van der Waals surface area contributed by atoms with E-state index in [0.29, 0.717) is 22.3 Å². The van der Waals surface area contributed by atoms with Crippen LogP contribution in [-0.4, -0.2) is 0 Å². The molecular weight excluding hydrogens is 1170 g/mol. The van der Waals surface area contributed by atoms with Crippen LogP contribution in [0.3, 0.4) is 0 Å². The Morgan fingerprint density at radius 1 is 0.211 bits per heavy atom. The fourth-order valence-corrected chi connectivity index (χ4v) is 11.4. The number of rotatable bonds is 18. The van der Waals surface area contributed by atoms with Crippen LogP contribution in [0.1, 0.15) is 118 Å². The van der Waals surface area contributed by atoms with E-state index < -0.39 is 0 Å². The van der Waals surface area contributed by atoms with Gasteiger partial charge in [0, 0.05) is 22.3 Å². The van der Waals surface area contributed by atoms with Crippen LogP contribution in [0.4, 0.5) is 17.6 Å². The molecule has 0 aliphatic carbocycles. The number of hydrogen-bond acceptors (Lipinski definition) is 0. The van der Waals surface area contributed by atoms with Gasteiger partial charge in [0.05, 0.1) is 0 Å². The van der Waals surface area contributed by atoms with Crippen molar-refractivity contribution in [1.82, 2.24) is 0 Å². The number of unbranched alkanes of at least 4 members (excludes halogenated alkanes) is 3. The van der Waals surface area contributed by atoms with Crippen molar-refractivity contribution in [2.75, 3.05) is 0 Å². The molecule has 12 aromatic rings. The van der Waals surface area contributed by atoms with Crippen LogP contribution in [-0.2, 0) is 25.7 Å². The Labute approximate surface area is 565 Å². The fraction of sp³-hybridized carbons (Fsp3) is 0.209. The molecule has 0 N–H and O–H groups in total. The minimum Gasteiger partial charge on any atom is -0.206 e. The van der Waals surface area contributed by atoms with Crippen LogP contribution in [0.5, 0.6) is 0 Å². The molecule has 0 amide bonds. The zero-order valence-electron chi connectivity index (χ0n) is 56.0. The highest BCUT2D eigenvalue weighted by atomic mass is 19.1. The molecular formula is C91H92F4. The van der Waals surface area contributed by atoms with Crippen molar-refractivity contribution < 1.29 is 17.6 Å². The van der Waals surface area contributed by atoms with E-state index in [1.807, 2.05) is 173 Å². The normalized spacial score (nSPS) is 10.7. The average molecular weight is 1260 g/mol. The quantitative estimate of drug-likeness (QED) is 0.0593. The maximum Gasteiger partial charge on any atom is 0.131 e. The molecule has 0 aliphatic rings. The zero-order valence-corrected chi connectivity index (χ0v) is 56.0. The first-order valence-electron chi connectivity index (χ1n) is 33.5. The zero-order chi connectivity index (χ0) is 66.3. The molecule has 0 bridgehead atoms. The van der Waals surface area contributed by atoms with Crippen LogP contribution >= 0.6 is 0 Å². The van der Waals surface area contributed by atoms with Gasteiger partial charge in [-0.05, 0) is 180 Å². The Bertz CT molecular complexity index is 4300. The van der Waals surface area contributed by atoms with Gasteiger partial charge in [0.1, 0.15) is 23.3 Å². The number of halogens is 4. The predicted molar refractivity (Wildman–Crippen MR) is 400 cm³/mol. The van der Waals surface area contributed by atoms with E-state index in [1.54, 1.807) is 24.3 Å². The van der Waals surface area contributed by atoms with Crippen molar-refractivity contribution >= 4 is 0 Å². The van der Waals surface area contributed by atoms with Gasteiger partial charge < -0.3 is 0 Å². The first kappa shape index (κ1) is 71.2. The molecule has 0 unspecified atom stereocenters. The van der Waals surface area contributed by atoms with E-state index in [4.69, 9.17) is 0 Å². The molecule has 0 atom stereocenters. The number of aryl methyl sites for hydroxylation is 8. The molecule has 4 heteroatoms. The molecule has 0 aromatic heterocycles. The first-order valence-corrected chi connectivity index (χ1v) is 33.5. The lowest BCUT2D eigenvalue weighted by atomic mass is 9.98. The number of hydrogen-bond donors (Lipinski definition) is 0. The topological polar surface area (TPSA) is 0 Å². The molecule has 0 saturated carbocycles. The van der Waals surface area contributed by atoms with Crippen molar-refractivity contribution in [2.24, 2.45) is 0 Å². The molecule has 0 nitrogen and oxygen atoms in total. The Kier molecular flexibility index (Phi) is 26.7. The molecule has 0 spiro atoms. The summed E-state index contributed by atoms with van der Waals surface area (Å²) >= 11 is 0. The number of benzene rings is 12. The van der Waals surface area contributed by atoms with Gasteiger partial charge in [-0.2, -0.15) is 0 Å². The van der Waals surface area contributed by atoms with Crippen LogP contribution in [0, 0.1) is 51.0 Å². The highest BCUT2D eigenvalue weighted by Crippen LogP contribution is 2.34. The van der Waals surface area contributed by atoms with Crippen LogP contribution < -0.4 is 0 Å². The summed E-state index contributed by atoms with van der Waals surface area (Å²) in [6.45, 7) is 16.9. The lowest BCUT2D eigenvalue weighted by molar-refractivity contribution is 0.631. The predicted octanol–water partition coefficient (Wildman–Crippen LogP) is 27.1. The van der Waals surface area contributed by atoms with E-state index in [0.717, 1.165) is 98.9 Å². The summed E-state index contributed by atoms with van der Waals surface area (Å²) < 4.78 is 58.2. The molecule has 12 aromatic carbocycles. The van der Waals surface area contributed by atoms with E-state index in [2.05, 4.69) is 125 Å². The maximum atomic E-state index is 14.6. The van der Waals surface area contributed by atoms with Gasteiger partial charge in [-0.25, -0.2) is 17.6 Å². The van der Waals surface area contributed by atoms with Crippen molar-refractivity contribution in [3.63, 3.8) is 0 Å². The molecule has 0 fully saturated rings. The summed E-state index contributed by atoms with van der Waals surface area (Å²) in [6, 6.07) is 87.5. The second kappa shape index (κ2) is 35.6. The second-order valence-corrected chi connectivity index (χ2v) is 24.7. The molecule has 0 heterocycles. The van der Waals surface area contributed by atoms with Crippen LogP contribution in [0.25, 0.3) is 89.0 Å². The highest BCUT2D eigenvalue weighted by Gasteiger charge is 2.13. The van der Waals surface area contributed by atoms with Crippen LogP contribution in [0.2, 0.25) is 0 Å². The summed E-state index contributed by atoms with van der Waals surface area (Å²) in [5, 5.41) is 0. The van der Waals surface area contributed by atoms with Gasteiger partial charge >= 0.3 is 0 Å². The van der Waals surface area contributed by atoms with Crippen LogP contribution in [0.15, 0.2) is 267 Å². The monoisotopic (exact) mass is 1260 g/mol. The Morgan fingerprint density at radius 2 is 0.432 bits per heavy atom. The molecule has 12 rings (SSSR count). The maximum absolute atomic E-state index is 14.6. The largest absolute Gasteiger partial charge is 0.206 e. The summed E-state index contributed by atoms with van der Waals surface area (Å²) in [5.41, 5.74) is 24.2. The first-order chi connectivity index (χ1) is 45.7. The standard InChI is InChI=1S/C24H25F.C23H23F.C22H21F.C21H19F.CH4/c1-3-4-5-6-19-9-13-20(14-10-19)22-15-16-23(24(25)17-22)21-11-7-18(2)8-12-21;1-3-4-5-18-8-12-19(13-9-18)21-14-15-22(23(24)16-21)20-10-6-17(2)7-11-20;1-3-4-17-7-11-18(12-8-17)20-13-14-21(22(23)15-20)19-9-5-16(2)6-10-19;1-3-16-6-10-17(11-7-16)19-12-13-20(21(22)14-19)18-8-4-15(2)5-9-18;/h7-17H,3-6H2,1-2H3;6-16H,3-5H2,1-2H3;5-15H,3-4H2,1-2H3;4-14H,3H2,1-2H3;1H4. The molecule has 0 radical (unpaired) electrons. The SMILES string of the molecule is C.CCCCCc1ccc(-c2ccc(-c3ccc(C)cc3)c(F)c2)cc1.CCCCc1ccc(-c2ccc(-c3ccc(C)cc3)c(F)c2)cc1.CCCc1ccc(-c2ccc(-c3ccc(C)cc3)c(F)c2)cc1.CCc1ccc(-c2ccc(-c3ccc(C)cc3)c(F)c2)cc1. The van der Waals surface area contributed by atoms with Crippen molar-refractivity contribution in [2.45, 2.75) is 127 Å². The van der Waals surface area contributed by atoms with Gasteiger partial charge in [-0.15, -0.1) is 0 Å². The fourth-order valence-electron chi connectivity index (χ4n) is 11.4. The minimum atomic E-state index is -0.180. The Morgan fingerprint density at radius 3 is 0.663 bits per heavy atom. The Balaban J connectivity index is 0.000000162. The third-order valence-corrected chi connectivity index (χ3v) is 17.3. The van der Waals surface area contributed by atoms with E-state index in [-0.39, 0.29) is 30.7 Å². The average Bonchev–Trinajstić information content (AvgIpc) is 0.982. The Hall–Kier alpha value is -9.64. The third kappa shape index (κ3) is 20.2. The summed E-state index contributed by atoms with van der Waals surface area (Å²) in [7, 11) is 0. The smallest absolute Gasteiger partial charge is 0.131 e. The van der Waals surface area contributed by atoms with E-state index in [1.165, 1.54) is 76.6 Å². The van der Waals surface area contributed by atoms with Gasteiger partial charge in [-0.3, -0.25) is 0 Å². The highest BCUT2D eigenvalue weighted by molar-refractivity contribution is 5.75. The second-order valence-electron chi connectivity index (χ2n) is 24.7. The molecule has 95 heavy (non-hydrogen) atoms. The lowest BCUT2D eigenvalue weighted by Gasteiger charge is -2.08. The van der Waals surface area contributed by atoms with E-state index in [9.17, 15) is 17.6 Å². The summed E-state index contributed by atoms with van der Waals surface area (Å²) in [5.74, 6) is -0.704. The van der Waals surface area contributed by atoms with Gasteiger partial charge in [0.2, 0.25) is 0 Å². The minimum absolute atomic E-state index is 0. The van der Waals surface area contributed by atoms with Crippen molar-refractivity contribution in [3.05, 3.63) is 335 Å². The molecule has 0 saturated heterocycles. The van der Waals surface area contributed by atoms with Crippen molar-refractivity contribution in [1.29, 1.82) is 0 Å². The van der Waals surface area contributed by atoms with Gasteiger partial charge in [0.15, 0.2) is 0 Å². The van der Waals surface area contributed by atoms with Gasteiger partial charge in [-0.1, -0.05) is 326 Å². The van der Waals surface area contributed by atoms with E-state index >= 15 is 0 Å². The van der Waals surface area contributed by atoms with Gasteiger partial charge in [0.25, 0.3) is 0 Å². The lowest BCUT2D eigenvalue weighted by Crippen LogP contribution is -1.88. The molecule has 484 valence electrons. The summed E-state index contributed by atoms with van der Waals surface area (Å²) in [6.07, 6.45) is 11.6.